The van der Waals surface area contributed by atoms with Crippen molar-refractivity contribution in [2.45, 2.75) is 6.54 Å². The molecular weight excluding hydrogens is 228 g/mol. The fourth-order valence-corrected chi connectivity index (χ4v) is 2.81. The van der Waals surface area contributed by atoms with E-state index in [0.717, 1.165) is 17.2 Å². The largest absolute Gasteiger partial charge is 0.375 e. The Kier molecular flexibility index (Phi) is 2.99. The van der Waals surface area contributed by atoms with Gasteiger partial charge in [0, 0.05) is 23.0 Å². The molecule has 0 unspecified atom stereocenters. The first kappa shape index (κ1) is 10.5. The zero-order chi connectivity index (χ0) is 10.8. The average molecular weight is 240 g/mol. The van der Waals surface area contributed by atoms with Crippen LogP contribution in [0.25, 0.3) is 10.7 Å². The van der Waals surface area contributed by atoms with Gasteiger partial charge in [-0.1, -0.05) is 0 Å². The zero-order valence-electron chi connectivity index (χ0n) is 8.60. The lowest BCUT2D eigenvalue weighted by Gasteiger charge is -2.05. The van der Waals surface area contributed by atoms with Gasteiger partial charge in [0.2, 0.25) is 0 Å². The molecule has 15 heavy (non-hydrogen) atoms. The van der Waals surface area contributed by atoms with E-state index < -0.39 is 0 Å². The lowest BCUT2D eigenvalue weighted by Crippen LogP contribution is -2.09. The van der Waals surface area contributed by atoms with E-state index in [2.05, 4.69) is 14.9 Å². The second-order valence-electron chi connectivity index (χ2n) is 3.44. The van der Waals surface area contributed by atoms with Gasteiger partial charge in [-0.25, -0.2) is 9.97 Å². The van der Waals surface area contributed by atoms with Crippen LogP contribution in [0.1, 0.15) is 4.88 Å². The predicted octanol–water partition coefficient (Wildman–Crippen LogP) is 1.91. The van der Waals surface area contributed by atoms with Crippen molar-refractivity contribution in [2.24, 2.45) is 0 Å². The predicted molar refractivity (Wildman–Crippen MR) is 65.0 cm³/mol. The molecule has 2 aromatic rings. The summed E-state index contributed by atoms with van der Waals surface area (Å²) in [7, 11) is 4.08. The molecule has 2 aromatic heterocycles. The van der Waals surface area contributed by atoms with E-state index in [1.807, 2.05) is 25.7 Å². The van der Waals surface area contributed by atoms with Crippen LogP contribution in [0.4, 0.5) is 5.13 Å². The summed E-state index contributed by atoms with van der Waals surface area (Å²) in [6.07, 6.45) is 1.90. The molecule has 0 spiro atoms. The lowest BCUT2D eigenvalue weighted by molar-refractivity contribution is 0.406. The smallest absolute Gasteiger partial charge is 0.180 e. The van der Waals surface area contributed by atoms with E-state index >= 15 is 0 Å². The number of rotatable bonds is 3. The maximum Gasteiger partial charge on any atom is 0.180 e. The van der Waals surface area contributed by atoms with Gasteiger partial charge in [-0.05, 0) is 14.1 Å². The topological polar surface area (TPSA) is 55.0 Å². The van der Waals surface area contributed by atoms with Crippen LogP contribution in [0, 0.1) is 0 Å². The Bertz CT molecular complexity index is 446. The number of nitrogens with zero attached hydrogens (tertiary/aromatic N) is 3. The molecule has 4 nitrogen and oxygen atoms in total. The molecular formula is C9H12N4S2. The molecule has 0 aliphatic rings. The molecule has 0 atom stereocenters. The Morgan fingerprint density at radius 1 is 1.47 bits per heavy atom. The van der Waals surface area contributed by atoms with Crippen molar-refractivity contribution in [1.29, 1.82) is 0 Å². The second kappa shape index (κ2) is 4.26. The third-order valence-electron chi connectivity index (χ3n) is 1.77. The Labute approximate surface area is 96.4 Å². The first-order valence-electron chi connectivity index (χ1n) is 4.46. The monoisotopic (exact) mass is 240 g/mol. The standard InChI is InChI=1S/C9H12N4S2/c1-13(2)4-6-3-11-8(15-6)7-5-14-9(10)12-7/h3,5H,4H2,1-2H3,(H2,10,12). The third-order valence-corrected chi connectivity index (χ3v) is 3.45. The lowest BCUT2D eigenvalue weighted by atomic mass is 10.5. The minimum atomic E-state index is 0.592. The molecule has 0 fully saturated rings. The van der Waals surface area contributed by atoms with Crippen LogP contribution in [-0.4, -0.2) is 29.0 Å². The Morgan fingerprint density at radius 3 is 2.87 bits per heavy atom. The van der Waals surface area contributed by atoms with Crippen LogP contribution in [0.5, 0.6) is 0 Å². The number of nitrogen functional groups attached to an aromatic ring is 1. The summed E-state index contributed by atoms with van der Waals surface area (Å²) in [6, 6.07) is 0. The summed E-state index contributed by atoms with van der Waals surface area (Å²) in [5.41, 5.74) is 6.46. The number of aromatic nitrogens is 2. The average Bonchev–Trinajstić information content (AvgIpc) is 2.72. The molecule has 0 radical (unpaired) electrons. The summed E-state index contributed by atoms with van der Waals surface area (Å²) < 4.78 is 0. The first-order valence-corrected chi connectivity index (χ1v) is 6.15. The van der Waals surface area contributed by atoms with Gasteiger partial charge >= 0.3 is 0 Å². The first-order chi connectivity index (χ1) is 7.15. The summed E-state index contributed by atoms with van der Waals surface area (Å²) in [5.74, 6) is 0. The van der Waals surface area contributed by atoms with Crippen LogP contribution < -0.4 is 5.73 Å². The summed E-state index contributed by atoms with van der Waals surface area (Å²) in [5, 5.41) is 3.47. The molecule has 0 saturated carbocycles. The highest BCUT2D eigenvalue weighted by Gasteiger charge is 2.08. The Hall–Kier alpha value is -0.980. The van der Waals surface area contributed by atoms with Gasteiger partial charge in [0.25, 0.3) is 0 Å². The van der Waals surface area contributed by atoms with Crippen LogP contribution in [0.3, 0.4) is 0 Å². The van der Waals surface area contributed by atoms with Crippen LogP contribution in [-0.2, 0) is 6.54 Å². The maximum absolute atomic E-state index is 5.58. The van der Waals surface area contributed by atoms with E-state index in [-0.39, 0.29) is 0 Å². The van der Waals surface area contributed by atoms with Crippen molar-refractivity contribution >= 4 is 27.8 Å². The number of hydrogen-bond acceptors (Lipinski definition) is 6. The minimum Gasteiger partial charge on any atom is -0.375 e. The van der Waals surface area contributed by atoms with Crippen LogP contribution in [0.15, 0.2) is 11.6 Å². The van der Waals surface area contributed by atoms with Crippen molar-refractivity contribution < 1.29 is 0 Å². The highest BCUT2D eigenvalue weighted by molar-refractivity contribution is 7.16. The number of nitrogens with two attached hydrogens (primary N) is 1. The molecule has 0 aliphatic heterocycles. The second-order valence-corrected chi connectivity index (χ2v) is 5.45. The molecule has 0 bridgehead atoms. The van der Waals surface area contributed by atoms with Crippen molar-refractivity contribution in [2.75, 3.05) is 19.8 Å². The van der Waals surface area contributed by atoms with Gasteiger partial charge in [-0.3, -0.25) is 0 Å². The van der Waals surface area contributed by atoms with Crippen molar-refractivity contribution in [3.8, 4) is 10.7 Å². The van der Waals surface area contributed by atoms with Crippen LogP contribution >= 0.6 is 22.7 Å². The molecule has 0 aromatic carbocycles. The Balaban J connectivity index is 2.20. The Morgan fingerprint density at radius 2 is 2.27 bits per heavy atom. The molecule has 0 amide bonds. The number of hydrogen-bond donors (Lipinski definition) is 1. The van der Waals surface area contributed by atoms with E-state index in [0.29, 0.717) is 5.13 Å². The quantitative estimate of drug-likeness (QED) is 0.890. The van der Waals surface area contributed by atoms with Crippen LogP contribution in [0.2, 0.25) is 0 Å². The van der Waals surface area contributed by atoms with Gasteiger partial charge in [-0.2, -0.15) is 0 Å². The van der Waals surface area contributed by atoms with Gasteiger partial charge in [0.1, 0.15) is 10.7 Å². The van der Waals surface area contributed by atoms with Crippen molar-refractivity contribution in [3.63, 3.8) is 0 Å². The van der Waals surface area contributed by atoms with Gasteiger partial charge in [-0.15, -0.1) is 22.7 Å². The molecule has 80 valence electrons. The molecule has 2 heterocycles. The van der Waals surface area contributed by atoms with Crippen molar-refractivity contribution in [1.82, 2.24) is 14.9 Å². The molecule has 2 rings (SSSR count). The minimum absolute atomic E-state index is 0.592. The maximum atomic E-state index is 5.58. The fourth-order valence-electron chi connectivity index (χ4n) is 1.20. The molecule has 0 aliphatic carbocycles. The van der Waals surface area contributed by atoms with Crippen molar-refractivity contribution in [3.05, 3.63) is 16.5 Å². The number of thiazole rings is 2. The third kappa shape index (κ3) is 2.53. The van der Waals surface area contributed by atoms with Gasteiger partial charge in [0.05, 0.1) is 0 Å². The SMILES string of the molecule is CN(C)Cc1cnc(-c2csc(N)n2)s1. The van der Waals surface area contributed by atoms with Gasteiger partial charge in [0.15, 0.2) is 5.13 Å². The zero-order valence-corrected chi connectivity index (χ0v) is 10.2. The highest BCUT2D eigenvalue weighted by atomic mass is 32.1. The van der Waals surface area contributed by atoms with E-state index in [1.54, 1.807) is 11.3 Å². The molecule has 0 saturated heterocycles. The fraction of sp³-hybridized carbons (Fsp3) is 0.333. The normalized spacial score (nSPS) is 11.1. The number of anilines is 1. The molecule has 6 heteroatoms. The summed E-state index contributed by atoms with van der Waals surface area (Å²) in [4.78, 5) is 11.9. The van der Waals surface area contributed by atoms with Gasteiger partial charge < -0.3 is 10.6 Å². The highest BCUT2D eigenvalue weighted by Crippen LogP contribution is 2.27. The molecule has 2 N–H and O–H groups in total. The van der Waals surface area contributed by atoms with E-state index in [1.165, 1.54) is 16.2 Å². The summed E-state index contributed by atoms with van der Waals surface area (Å²) >= 11 is 3.11. The van der Waals surface area contributed by atoms with E-state index in [4.69, 9.17) is 5.73 Å². The summed E-state index contributed by atoms with van der Waals surface area (Å²) in [6.45, 7) is 0.914. The van der Waals surface area contributed by atoms with E-state index in [9.17, 15) is 0 Å².